The van der Waals surface area contributed by atoms with Gasteiger partial charge in [-0.15, -0.1) is 11.3 Å². The SMILES string of the molecule is CCc1ccc(S(=O)(=O)NCCc2ccc(C(C)=O)s2)cc1. The van der Waals surface area contributed by atoms with Gasteiger partial charge in [0.05, 0.1) is 9.77 Å². The third-order valence-electron chi connectivity index (χ3n) is 3.31. The van der Waals surface area contributed by atoms with Crippen LogP contribution in [0.1, 0.15) is 34.0 Å². The van der Waals surface area contributed by atoms with Crippen LogP contribution in [0.5, 0.6) is 0 Å². The molecule has 0 unspecified atom stereocenters. The van der Waals surface area contributed by atoms with Crippen LogP contribution < -0.4 is 4.72 Å². The number of Topliss-reactive ketones (excluding diaryl/α,β-unsaturated/α-hetero) is 1. The van der Waals surface area contributed by atoms with Crippen LogP contribution in [-0.4, -0.2) is 20.7 Å². The molecule has 0 atom stereocenters. The van der Waals surface area contributed by atoms with E-state index in [0.717, 1.165) is 16.9 Å². The van der Waals surface area contributed by atoms with Gasteiger partial charge >= 0.3 is 0 Å². The third-order valence-corrected chi connectivity index (χ3v) is 6.04. The smallest absolute Gasteiger partial charge is 0.240 e. The molecule has 2 aromatic rings. The van der Waals surface area contributed by atoms with Crippen LogP contribution in [0, 0.1) is 0 Å². The van der Waals surface area contributed by atoms with Crippen molar-refractivity contribution < 1.29 is 13.2 Å². The molecule has 0 bridgehead atoms. The van der Waals surface area contributed by atoms with Crippen LogP contribution >= 0.6 is 11.3 Å². The number of thiophene rings is 1. The third kappa shape index (κ3) is 4.25. The van der Waals surface area contributed by atoms with Crippen molar-refractivity contribution in [3.8, 4) is 0 Å². The van der Waals surface area contributed by atoms with Gasteiger partial charge in [-0.3, -0.25) is 4.79 Å². The molecule has 0 aliphatic heterocycles. The van der Waals surface area contributed by atoms with Crippen molar-refractivity contribution in [1.29, 1.82) is 0 Å². The monoisotopic (exact) mass is 337 g/mol. The maximum absolute atomic E-state index is 12.2. The summed E-state index contributed by atoms with van der Waals surface area (Å²) in [5.74, 6) is 0.0350. The van der Waals surface area contributed by atoms with Crippen molar-refractivity contribution in [2.24, 2.45) is 0 Å². The second-order valence-electron chi connectivity index (χ2n) is 4.97. The molecule has 0 amide bonds. The van der Waals surface area contributed by atoms with Gasteiger partial charge in [0.2, 0.25) is 10.0 Å². The molecule has 0 aliphatic carbocycles. The summed E-state index contributed by atoms with van der Waals surface area (Å²) in [5, 5.41) is 0. The number of aryl methyl sites for hydroxylation is 1. The number of rotatable bonds is 7. The van der Waals surface area contributed by atoms with E-state index < -0.39 is 10.0 Å². The second-order valence-corrected chi connectivity index (χ2v) is 7.90. The standard InChI is InChI=1S/C16H19NO3S2/c1-3-13-4-7-15(8-5-13)22(19,20)17-11-10-14-6-9-16(21-14)12(2)18/h4-9,17H,3,10-11H2,1-2H3. The minimum absolute atomic E-state index is 0.0350. The summed E-state index contributed by atoms with van der Waals surface area (Å²) >= 11 is 1.41. The predicted octanol–water partition coefficient (Wildman–Crippen LogP) is 3.03. The van der Waals surface area contributed by atoms with Crippen molar-refractivity contribution in [3.05, 3.63) is 51.7 Å². The van der Waals surface area contributed by atoms with Gasteiger partial charge in [-0.05, 0) is 49.6 Å². The van der Waals surface area contributed by atoms with Gasteiger partial charge in [-0.1, -0.05) is 19.1 Å². The van der Waals surface area contributed by atoms with E-state index in [2.05, 4.69) is 4.72 Å². The van der Waals surface area contributed by atoms with E-state index in [9.17, 15) is 13.2 Å². The molecule has 1 heterocycles. The van der Waals surface area contributed by atoms with Crippen molar-refractivity contribution in [2.75, 3.05) is 6.54 Å². The first-order chi connectivity index (χ1) is 10.4. The zero-order valence-corrected chi connectivity index (χ0v) is 14.3. The number of ketones is 1. The molecular formula is C16H19NO3S2. The Morgan fingerprint density at radius 1 is 1.14 bits per heavy atom. The fraction of sp³-hybridized carbons (Fsp3) is 0.312. The Balaban J connectivity index is 1.95. The molecule has 0 saturated heterocycles. The summed E-state index contributed by atoms with van der Waals surface area (Å²) in [6.07, 6.45) is 1.45. The highest BCUT2D eigenvalue weighted by atomic mass is 32.2. The molecule has 22 heavy (non-hydrogen) atoms. The fourth-order valence-corrected chi connectivity index (χ4v) is 3.93. The average Bonchev–Trinajstić information content (AvgIpc) is 2.96. The highest BCUT2D eigenvalue weighted by Crippen LogP contribution is 2.17. The van der Waals surface area contributed by atoms with E-state index in [1.54, 1.807) is 18.2 Å². The molecule has 4 nitrogen and oxygen atoms in total. The van der Waals surface area contributed by atoms with Crippen LogP contribution in [-0.2, 0) is 22.9 Å². The van der Waals surface area contributed by atoms with Gasteiger partial charge in [-0.25, -0.2) is 13.1 Å². The van der Waals surface area contributed by atoms with Crippen LogP contribution in [0.25, 0.3) is 0 Å². The topological polar surface area (TPSA) is 63.2 Å². The lowest BCUT2D eigenvalue weighted by molar-refractivity contribution is 0.102. The zero-order valence-electron chi connectivity index (χ0n) is 12.6. The molecule has 0 saturated carbocycles. The first kappa shape index (κ1) is 16.9. The molecule has 0 fully saturated rings. The lowest BCUT2D eigenvalue weighted by Crippen LogP contribution is -2.25. The molecule has 0 aliphatic rings. The number of hydrogen-bond acceptors (Lipinski definition) is 4. The van der Waals surface area contributed by atoms with Crippen LogP contribution in [0.2, 0.25) is 0 Å². The minimum Gasteiger partial charge on any atom is -0.294 e. The van der Waals surface area contributed by atoms with Crippen molar-refractivity contribution in [3.63, 3.8) is 0 Å². The van der Waals surface area contributed by atoms with Crippen molar-refractivity contribution in [1.82, 2.24) is 4.72 Å². The van der Waals surface area contributed by atoms with E-state index in [-0.39, 0.29) is 10.7 Å². The molecule has 118 valence electrons. The lowest BCUT2D eigenvalue weighted by Gasteiger charge is -2.06. The number of hydrogen-bond donors (Lipinski definition) is 1. The largest absolute Gasteiger partial charge is 0.294 e. The molecule has 1 aromatic carbocycles. The predicted molar refractivity (Wildman–Crippen MR) is 89.0 cm³/mol. The second kappa shape index (κ2) is 7.17. The van der Waals surface area contributed by atoms with E-state index in [1.807, 2.05) is 25.1 Å². The average molecular weight is 337 g/mol. The molecule has 1 N–H and O–H groups in total. The highest BCUT2D eigenvalue weighted by molar-refractivity contribution is 7.89. The summed E-state index contributed by atoms with van der Waals surface area (Å²) in [6, 6.07) is 10.5. The Bertz CT molecular complexity index is 746. The summed E-state index contributed by atoms with van der Waals surface area (Å²) in [6.45, 7) is 3.87. The number of benzene rings is 1. The Morgan fingerprint density at radius 2 is 1.82 bits per heavy atom. The normalized spacial score (nSPS) is 11.5. The van der Waals surface area contributed by atoms with Crippen LogP contribution in [0.15, 0.2) is 41.3 Å². The van der Waals surface area contributed by atoms with Gasteiger partial charge in [0.1, 0.15) is 0 Å². The summed E-state index contributed by atoms with van der Waals surface area (Å²) in [4.78, 5) is 13.2. The van der Waals surface area contributed by atoms with E-state index in [0.29, 0.717) is 17.8 Å². The zero-order chi connectivity index (χ0) is 16.2. The Labute approximate surface area is 135 Å². The highest BCUT2D eigenvalue weighted by Gasteiger charge is 2.13. The van der Waals surface area contributed by atoms with E-state index in [1.165, 1.54) is 18.3 Å². The van der Waals surface area contributed by atoms with Gasteiger partial charge in [-0.2, -0.15) is 0 Å². The Morgan fingerprint density at radius 3 is 2.36 bits per heavy atom. The molecule has 6 heteroatoms. The molecule has 0 radical (unpaired) electrons. The van der Waals surface area contributed by atoms with Crippen molar-refractivity contribution >= 4 is 27.1 Å². The van der Waals surface area contributed by atoms with Crippen molar-refractivity contribution in [2.45, 2.75) is 31.6 Å². The lowest BCUT2D eigenvalue weighted by atomic mass is 10.2. The van der Waals surface area contributed by atoms with Gasteiger partial charge in [0, 0.05) is 11.4 Å². The Hall–Kier alpha value is -1.50. The number of sulfonamides is 1. The Kier molecular flexibility index (Phi) is 5.50. The summed E-state index contributed by atoms with van der Waals surface area (Å²) in [5.41, 5.74) is 1.11. The maximum Gasteiger partial charge on any atom is 0.240 e. The van der Waals surface area contributed by atoms with Crippen LogP contribution in [0.3, 0.4) is 0 Å². The molecule has 0 spiro atoms. The van der Waals surface area contributed by atoms with Crippen LogP contribution in [0.4, 0.5) is 0 Å². The quantitative estimate of drug-likeness (QED) is 0.790. The first-order valence-corrected chi connectivity index (χ1v) is 9.40. The number of carbonyl (C=O) groups excluding carboxylic acids is 1. The first-order valence-electron chi connectivity index (χ1n) is 7.10. The minimum atomic E-state index is -3.48. The van der Waals surface area contributed by atoms with E-state index in [4.69, 9.17) is 0 Å². The maximum atomic E-state index is 12.2. The van der Waals surface area contributed by atoms with E-state index >= 15 is 0 Å². The van der Waals surface area contributed by atoms with Gasteiger partial charge < -0.3 is 0 Å². The number of nitrogens with one attached hydrogen (secondary N) is 1. The summed E-state index contributed by atoms with van der Waals surface area (Å²) < 4.78 is 26.9. The summed E-state index contributed by atoms with van der Waals surface area (Å²) in [7, 11) is -3.48. The number of carbonyl (C=O) groups is 1. The molecule has 2 rings (SSSR count). The molecule has 1 aromatic heterocycles. The van der Waals surface area contributed by atoms with Gasteiger partial charge in [0.25, 0.3) is 0 Å². The molecular weight excluding hydrogens is 318 g/mol. The van der Waals surface area contributed by atoms with Gasteiger partial charge in [0.15, 0.2) is 5.78 Å². The fourth-order valence-electron chi connectivity index (χ4n) is 2.00.